The first-order chi connectivity index (χ1) is 7.98. The number of piperidine rings is 1. The molecule has 1 aliphatic heterocycles. The Morgan fingerprint density at radius 2 is 2.06 bits per heavy atom. The van der Waals surface area contributed by atoms with Crippen molar-refractivity contribution in [2.24, 2.45) is 0 Å². The molecular weight excluding hydrogens is 236 g/mol. The van der Waals surface area contributed by atoms with E-state index in [0.717, 1.165) is 31.7 Å². The number of aromatic nitrogens is 1. The van der Waals surface area contributed by atoms with E-state index in [-0.39, 0.29) is 4.75 Å². The summed E-state index contributed by atoms with van der Waals surface area (Å²) in [6, 6.07) is 1.93. The minimum Gasteiger partial charge on any atom is -0.598 e. The molecule has 1 aromatic rings. The maximum Gasteiger partial charge on any atom is 0.139 e. The van der Waals surface area contributed by atoms with Crippen LogP contribution in [0.5, 0.6) is 0 Å². The van der Waals surface area contributed by atoms with E-state index >= 15 is 0 Å². The van der Waals surface area contributed by atoms with Gasteiger partial charge < -0.3 is 9.08 Å². The molecule has 0 saturated carbocycles. The van der Waals surface area contributed by atoms with Crippen LogP contribution in [0.15, 0.2) is 16.8 Å². The molecule has 0 N–H and O–H groups in total. The first-order valence-corrected chi connectivity index (χ1v) is 7.16. The third-order valence-corrected chi connectivity index (χ3v) is 4.95. The first-order valence-electron chi connectivity index (χ1n) is 6.06. The molecule has 1 fully saturated rings. The van der Waals surface area contributed by atoms with E-state index in [4.69, 9.17) is 4.52 Å². The van der Waals surface area contributed by atoms with Gasteiger partial charge in [0.2, 0.25) is 0 Å². The van der Waals surface area contributed by atoms with Crippen molar-refractivity contribution in [3.8, 4) is 0 Å². The molecule has 0 bridgehead atoms. The number of nitrogens with zero attached hydrogens (tertiary/aromatic N) is 2. The van der Waals surface area contributed by atoms with Gasteiger partial charge in [-0.25, -0.2) is 0 Å². The molecule has 5 heteroatoms. The normalized spacial score (nSPS) is 21.6. The van der Waals surface area contributed by atoms with Crippen molar-refractivity contribution >= 4 is 11.4 Å². The highest BCUT2D eigenvalue weighted by Crippen LogP contribution is 2.31. The first kappa shape index (κ1) is 12.9. The average Bonchev–Trinajstić information content (AvgIpc) is 2.80. The highest BCUT2D eigenvalue weighted by Gasteiger charge is 2.36. The molecular formula is C12H20N2O2S. The lowest BCUT2D eigenvalue weighted by Crippen LogP contribution is -2.46. The van der Waals surface area contributed by atoms with Gasteiger partial charge in [0.1, 0.15) is 10.5 Å². The van der Waals surface area contributed by atoms with Gasteiger partial charge in [-0.1, -0.05) is 5.16 Å². The van der Waals surface area contributed by atoms with Gasteiger partial charge in [-0.3, -0.25) is 0 Å². The van der Waals surface area contributed by atoms with E-state index in [9.17, 15) is 4.55 Å². The van der Waals surface area contributed by atoms with Gasteiger partial charge in [-0.15, -0.1) is 4.31 Å². The lowest BCUT2D eigenvalue weighted by molar-refractivity contribution is 0.272. The van der Waals surface area contributed by atoms with Crippen LogP contribution < -0.4 is 0 Å². The van der Waals surface area contributed by atoms with Crippen LogP contribution in [0.3, 0.4) is 0 Å². The molecule has 17 heavy (non-hydrogen) atoms. The predicted molar refractivity (Wildman–Crippen MR) is 67.9 cm³/mol. The SMILES string of the molecule is CC(C)(C)[S@@+]([O-])N1CCC(c2ccno2)CC1. The van der Waals surface area contributed by atoms with Crippen LogP contribution in [-0.4, -0.2) is 31.9 Å². The van der Waals surface area contributed by atoms with Crippen molar-refractivity contribution in [2.75, 3.05) is 13.1 Å². The highest BCUT2D eigenvalue weighted by molar-refractivity contribution is 7.90. The zero-order valence-corrected chi connectivity index (χ0v) is 11.5. The molecule has 0 radical (unpaired) electrons. The molecule has 1 atom stereocenters. The zero-order chi connectivity index (χ0) is 12.5. The van der Waals surface area contributed by atoms with Gasteiger partial charge in [0, 0.05) is 36.4 Å². The number of hydrogen-bond donors (Lipinski definition) is 0. The predicted octanol–water partition coefficient (Wildman–Crippen LogP) is 2.32. The second-order valence-electron chi connectivity index (χ2n) is 5.48. The van der Waals surface area contributed by atoms with Gasteiger partial charge in [-0.2, -0.15) is 0 Å². The lowest BCUT2D eigenvalue weighted by Gasteiger charge is -2.36. The summed E-state index contributed by atoms with van der Waals surface area (Å²) >= 11 is -0.898. The van der Waals surface area contributed by atoms with E-state index in [1.807, 2.05) is 26.8 Å². The summed E-state index contributed by atoms with van der Waals surface area (Å²) in [4.78, 5) is 0. The lowest BCUT2D eigenvalue weighted by atomic mass is 9.96. The van der Waals surface area contributed by atoms with Gasteiger partial charge in [-0.05, 0) is 33.6 Å². The molecule has 96 valence electrons. The van der Waals surface area contributed by atoms with Gasteiger partial charge in [0.15, 0.2) is 0 Å². The van der Waals surface area contributed by atoms with Gasteiger partial charge in [0.05, 0.1) is 6.20 Å². The smallest absolute Gasteiger partial charge is 0.139 e. The summed E-state index contributed by atoms with van der Waals surface area (Å²) in [7, 11) is 0. The molecule has 1 aromatic heterocycles. The molecule has 0 aliphatic carbocycles. The highest BCUT2D eigenvalue weighted by atomic mass is 32.2. The van der Waals surface area contributed by atoms with Crippen molar-refractivity contribution in [2.45, 2.75) is 44.3 Å². The zero-order valence-electron chi connectivity index (χ0n) is 10.7. The van der Waals surface area contributed by atoms with Crippen LogP contribution in [0.25, 0.3) is 0 Å². The summed E-state index contributed by atoms with van der Waals surface area (Å²) in [6.45, 7) is 7.80. The third kappa shape index (κ3) is 3.03. The van der Waals surface area contributed by atoms with E-state index in [0.29, 0.717) is 5.92 Å². The van der Waals surface area contributed by atoms with Crippen LogP contribution in [-0.2, 0) is 11.4 Å². The summed E-state index contributed by atoms with van der Waals surface area (Å²) < 4.78 is 19.3. The minimum absolute atomic E-state index is 0.168. The Labute approximate surface area is 106 Å². The molecule has 1 aliphatic rings. The summed E-state index contributed by atoms with van der Waals surface area (Å²) in [5.74, 6) is 1.40. The van der Waals surface area contributed by atoms with Crippen LogP contribution >= 0.6 is 0 Å². The summed E-state index contributed by atoms with van der Waals surface area (Å²) in [6.07, 6.45) is 3.68. The Bertz CT molecular complexity index is 340. The molecule has 0 spiro atoms. The third-order valence-electron chi connectivity index (χ3n) is 3.07. The largest absolute Gasteiger partial charge is 0.598 e. The number of rotatable bonds is 2. The van der Waals surface area contributed by atoms with Gasteiger partial charge in [0.25, 0.3) is 0 Å². The van der Waals surface area contributed by atoms with E-state index in [2.05, 4.69) is 9.46 Å². The van der Waals surface area contributed by atoms with Crippen LogP contribution in [0, 0.1) is 0 Å². The standard InChI is InChI=1S/C12H20N2O2S/c1-12(2,3)17(15)14-8-5-10(6-9-14)11-4-7-13-16-11/h4,7,10H,5-6,8-9H2,1-3H3/t17-/m1/s1. The fourth-order valence-electron chi connectivity index (χ4n) is 2.13. The van der Waals surface area contributed by atoms with Crippen molar-refractivity contribution in [3.63, 3.8) is 0 Å². The minimum atomic E-state index is -0.898. The molecule has 0 amide bonds. The van der Waals surface area contributed by atoms with E-state index in [1.54, 1.807) is 6.20 Å². The fourth-order valence-corrected chi connectivity index (χ4v) is 3.45. The van der Waals surface area contributed by atoms with Crippen molar-refractivity contribution in [3.05, 3.63) is 18.0 Å². The Morgan fingerprint density at radius 1 is 1.41 bits per heavy atom. The quantitative estimate of drug-likeness (QED) is 0.762. The topological polar surface area (TPSA) is 52.3 Å². The second kappa shape index (κ2) is 5.00. The summed E-state index contributed by atoms with van der Waals surface area (Å²) in [5.41, 5.74) is 0. The monoisotopic (exact) mass is 256 g/mol. The Balaban J connectivity index is 1.90. The van der Waals surface area contributed by atoms with Crippen LogP contribution in [0.1, 0.15) is 45.3 Å². The molecule has 2 heterocycles. The maximum absolute atomic E-state index is 12.2. The van der Waals surface area contributed by atoms with Crippen molar-refractivity contribution in [1.29, 1.82) is 0 Å². The van der Waals surface area contributed by atoms with Crippen molar-refractivity contribution in [1.82, 2.24) is 9.46 Å². The van der Waals surface area contributed by atoms with Crippen LogP contribution in [0.2, 0.25) is 0 Å². The Kier molecular flexibility index (Phi) is 3.80. The molecule has 4 nitrogen and oxygen atoms in total. The second-order valence-corrected chi connectivity index (χ2v) is 7.72. The molecule has 0 aromatic carbocycles. The Hall–Kier alpha value is -0.520. The molecule has 0 unspecified atom stereocenters. The molecule has 1 saturated heterocycles. The molecule has 2 rings (SSSR count). The van der Waals surface area contributed by atoms with E-state index in [1.165, 1.54) is 0 Å². The summed E-state index contributed by atoms with van der Waals surface area (Å²) in [5, 5.41) is 3.74. The van der Waals surface area contributed by atoms with Crippen LogP contribution in [0.4, 0.5) is 0 Å². The number of hydrogen-bond acceptors (Lipinski definition) is 4. The van der Waals surface area contributed by atoms with Crippen molar-refractivity contribution < 1.29 is 9.08 Å². The van der Waals surface area contributed by atoms with Gasteiger partial charge >= 0.3 is 0 Å². The Morgan fingerprint density at radius 3 is 2.53 bits per heavy atom. The fraction of sp³-hybridized carbons (Fsp3) is 0.750. The van der Waals surface area contributed by atoms with E-state index < -0.39 is 11.4 Å². The average molecular weight is 256 g/mol. The maximum atomic E-state index is 12.2.